The number of carboxylic acid groups (broad SMARTS) is 1. The number of amides is 1. The second-order valence-electron chi connectivity index (χ2n) is 5.75. The van der Waals surface area contributed by atoms with Crippen molar-refractivity contribution in [3.05, 3.63) is 41.4 Å². The van der Waals surface area contributed by atoms with Gasteiger partial charge >= 0.3 is 5.97 Å². The average molecular weight is 348 g/mol. The molecule has 3 rings (SSSR count). The lowest BCUT2D eigenvalue weighted by atomic mass is 10.1. The molecule has 0 saturated carbocycles. The first-order valence-electron chi connectivity index (χ1n) is 7.99. The van der Waals surface area contributed by atoms with Crippen molar-refractivity contribution in [2.24, 2.45) is 0 Å². The number of aromatic carboxylic acids is 1. The summed E-state index contributed by atoms with van der Waals surface area (Å²) in [4.78, 5) is 31.9. The number of carbonyl (C=O) groups excluding carboxylic acids is 1. The third-order valence-corrected chi connectivity index (χ3v) is 4.10. The van der Waals surface area contributed by atoms with E-state index in [0.29, 0.717) is 13.2 Å². The smallest absolute Gasteiger partial charge is 0.354 e. The first-order chi connectivity index (χ1) is 12.1. The number of hydrogen-bond acceptors (Lipinski definition) is 6. The maximum atomic E-state index is 12.3. The number of morpholine rings is 1. The van der Waals surface area contributed by atoms with Gasteiger partial charge in [-0.25, -0.2) is 9.78 Å². The molecule has 0 unspecified atom stereocenters. The van der Waals surface area contributed by atoms with E-state index in [2.05, 4.69) is 20.2 Å². The maximum absolute atomic E-state index is 12.3. The van der Waals surface area contributed by atoms with Crippen molar-refractivity contribution < 1.29 is 23.8 Å². The number of aromatic nitrogens is 2. The number of ether oxygens (including phenoxy) is 1. The molecule has 3 heterocycles. The SMILES string of the molecule is Cc1ccc([C@@H](CNC(=O)c2nc[nH]c2C(=O)O)N2CCOCC2)o1. The van der Waals surface area contributed by atoms with E-state index >= 15 is 0 Å². The highest BCUT2D eigenvalue weighted by atomic mass is 16.5. The molecule has 0 bridgehead atoms. The van der Waals surface area contributed by atoms with Crippen molar-refractivity contribution in [2.75, 3.05) is 32.8 Å². The molecule has 1 amide bonds. The van der Waals surface area contributed by atoms with E-state index in [1.165, 1.54) is 6.33 Å². The fraction of sp³-hybridized carbons (Fsp3) is 0.438. The molecule has 0 aromatic carbocycles. The van der Waals surface area contributed by atoms with Gasteiger partial charge in [0.15, 0.2) is 11.4 Å². The van der Waals surface area contributed by atoms with Crippen molar-refractivity contribution in [1.82, 2.24) is 20.2 Å². The number of carboxylic acids is 1. The maximum Gasteiger partial charge on any atom is 0.354 e. The van der Waals surface area contributed by atoms with Gasteiger partial charge in [-0.05, 0) is 19.1 Å². The number of imidazole rings is 1. The Morgan fingerprint density at radius 1 is 1.40 bits per heavy atom. The summed E-state index contributed by atoms with van der Waals surface area (Å²) in [6.07, 6.45) is 1.19. The van der Waals surface area contributed by atoms with Crippen LogP contribution in [0.1, 0.15) is 38.5 Å². The molecule has 9 heteroatoms. The highest BCUT2D eigenvalue weighted by Crippen LogP contribution is 2.23. The van der Waals surface area contributed by atoms with Gasteiger partial charge in [0.2, 0.25) is 0 Å². The van der Waals surface area contributed by atoms with E-state index in [1.54, 1.807) is 0 Å². The highest BCUT2D eigenvalue weighted by Gasteiger charge is 2.27. The molecule has 0 spiro atoms. The minimum Gasteiger partial charge on any atom is -0.477 e. The van der Waals surface area contributed by atoms with Gasteiger partial charge in [-0.3, -0.25) is 9.69 Å². The summed E-state index contributed by atoms with van der Waals surface area (Å²) < 4.78 is 11.1. The van der Waals surface area contributed by atoms with Crippen molar-refractivity contribution in [3.63, 3.8) is 0 Å². The van der Waals surface area contributed by atoms with Crippen LogP contribution in [0.4, 0.5) is 0 Å². The van der Waals surface area contributed by atoms with E-state index in [-0.39, 0.29) is 24.0 Å². The first-order valence-corrected chi connectivity index (χ1v) is 7.99. The number of nitrogens with zero attached hydrogens (tertiary/aromatic N) is 2. The molecule has 1 aliphatic rings. The Balaban J connectivity index is 1.72. The minimum atomic E-state index is -1.23. The van der Waals surface area contributed by atoms with Crippen LogP contribution in [0.2, 0.25) is 0 Å². The summed E-state index contributed by atoms with van der Waals surface area (Å²) in [7, 11) is 0. The van der Waals surface area contributed by atoms with Gasteiger partial charge in [0, 0.05) is 19.6 Å². The molecule has 1 aliphatic heterocycles. The van der Waals surface area contributed by atoms with Crippen LogP contribution in [0.5, 0.6) is 0 Å². The zero-order valence-electron chi connectivity index (χ0n) is 13.8. The molecule has 1 atom stereocenters. The molecule has 0 aliphatic carbocycles. The largest absolute Gasteiger partial charge is 0.477 e. The summed E-state index contributed by atoms with van der Waals surface area (Å²) in [6.45, 7) is 4.82. The fourth-order valence-corrected chi connectivity index (χ4v) is 2.83. The number of rotatable bonds is 6. The van der Waals surface area contributed by atoms with E-state index < -0.39 is 11.9 Å². The second-order valence-corrected chi connectivity index (χ2v) is 5.75. The Kier molecular flexibility index (Phi) is 5.15. The fourth-order valence-electron chi connectivity index (χ4n) is 2.83. The summed E-state index contributed by atoms with van der Waals surface area (Å²) in [5.41, 5.74) is -0.363. The average Bonchev–Trinajstić information content (AvgIpc) is 3.25. The lowest BCUT2D eigenvalue weighted by Gasteiger charge is -2.33. The summed E-state index contributed by atoms with van der Waals surface area (Å²) in [5, 5.41) is 11.8. The van der Waals surface area contributed by atoms with E-state index in [9.17, 15) is 9.59 Å². The number of furan rings is 1. The van der Waals surface area contributed by atoms with Gasteiger partial charge in [-0.1, -0.05) is 0 Å². The molecule has 2 aromatic rings. The predicted molar refractivity (Wildman–Crippen MR) is 86.5 cm³/mol. The van der Waals surface area contributed by atoms with E-state index in [1.807, 2.05) is 19.1 Å². The molecule has 9 nitrogen and oxygen atoms in total. The molecular weight excluding hydrogens is 328 g/mol. The number of H-pyrrole nitrogens is 1. The van der Waals surface area contributed by atoms with Gasteiger partial charge in [0.05, 0.1) is 25.6 Å². The van der Waals surface area contributed by atoms with E-state index in [4.69, 9.17) is 14.3 Å². The molecule has 25 heavy (non-hydrogen) atoms. The van der Waals surface area contributed by atoms with Crippen LogP contribution in [0.15, 0.2) is 22.9 Å². The van der Waals surface area contributed by atoms with Crippen LogP contribution < -0.4 is 5.32 Å². The zero-order valence-corrected chi connectivity index (χ0v) is 13.8. The van der Waals surface area contributed by atoms with Crippen molar-refractivity contribution in [2.45, 2.75) is 13.0 Å². The molecule has 2 aromatic heterocycles. The summed E-state index contributed by atoms with van der Waals surface area (Å²) >= 11 is 0. The number of hydrogen-bond donors (Lipinski definition) is 3. The zero-order chi connectivity index (χ0) is 17.8. The Labute approximate surface area is 144 Å². The van der Waals surface area contributed by atoms with Crippen LogP contribution >= 0.6 is 0 Å². The molecule has 134 valence electrons. The van der Waals surface area contributed by atoms with E-state index in [0.717, 1.165) is 24.6 Å². The minimum absolute atomic E-state index is 0.135. The summed E-state index contributed by atoms with van der Waals surface area (Å²) in [6, 6.07) is 3.61. The third kappa shape index (κ3) is 3.89. The number of nitrogens with one attached hydrogen (secondary N) is 2. The van der Waals surface area contributed by atoms with Crippen molar-refractivity contribution in [3.8, 4) is 0 Å². The second kappa shape index (κ2) is 7.49. The molecule has 0 radical (unpaired) electrons. The monoisotopic (exact) mass is 348 g/mol. The number of aromatic amines is 1. The van der Waals surface area contributed by atoms with Crippen molar-refractivity contribution in [1.29, 1.82) is 0 Å². The van der Waals surface area contributed by atoms with Gasteiger partial charge in [0.1, 0.15) is 11.5 Å². The van der Waals surface area contributed by atoms with Gasteiger partial charge < -0.3 is 24.6 Å². The Hall–Kier alpha value is -2.65. The Morgan fingerprint density at radius 3 is 2.80 bits per heavy atom. The number of carbonyl (C=O) groups is 2. The highest BCUT2D eigenvalue weighted by molar-refractivity contribution is 6.02. The summed E-state index contributed by atoms with van der Waals surface area (Å²) in [5.74, 6) is -0.227. The quantitative estimate of drug-likeness (QED) is 0.706. The lowest BCUT2D eigenvalue weighted by molar-refractivity contribution is 0.0116. The lowest BCUT2D eigenvalue weighted by Crippen LogP contribution is -2.43. The predicted octanol–water partition coefficient (Wildman–Crippen LogP) is 0.813. The van der Waals surface area contributed by atoms with Crippen LogP contribution in [0.25, 0.3) is 0 Å². The first kappa shape index (κ1) is 17.2. The van der Waals surface area contributed by atoms with Crippen molar-refractivity contribution >= 4 is 11.9 Å². The van der Waals surface area contributed by atoms with Gasteiger partial charge in [-0.15, -0.1) is 0 Å². The third-order valence-electron chi connectivity index (χ3n) is 4.10. The number of aryl methyl sites for hydroxylation is 1. The van der Waals surface area contributed by atoms with Crippen LogP contribution in [-0.2, 0) is 4.74 Å². The van der Waals surface area contributed by atoms with Crippen LogP contribution in [0, 0.1) is 6.92 Å². The standard InChI is InChI=1S/C16H20N4O5/c1-10-2-3-12(25-10)11(20-4-6-24-7-5-20)8-17-15(21)13-14(16(22)23)19-9-18-13/h2-3,9,11H,4-8H2,1H3,(H,17,21)(H,18,19)(H,22,23)/t11-/m1/s1. The van der Waals surface area contributed by atoms with Crippen LogP contribution in [-0.4, -0.2) is 64.7 Å². The molecule has 1 saturated heterocycles. The Bertz CT molecular complexity index is 747. The van der Waals surface area contributed by atoms with Crippen LogP contribution in [0.3, 0.4) is 0 Å². The molecule has 3 N–H and O–H groups in total. The molecule has 1 fully saturated rings. The molecular formula is C16H20N4O5. The van der Waals surface area contributed by atoms with Gasteiger partial charge in [-0.2, -0.15) is 0 Å². The topological polar surface area (TPSA) is 121 Å². The normalized spacial score (nSPS) is 16.5. The Morgan fingerprint density at radius 2 is 2.16 bits per heavy atom. The van der Waals surface area contributed by atoms with Gasteiger partial charge in [0.25, 0.3) is 5.91 Å².